The van der Waals surface area contributed by atoms with Crippen LogP contribution in [0, 0.1) is 13.8 Å². The van der Waals surface area contributed by atoms with Crippen molar-refractivity contribution < 1.29 is 4.79 Å². The van der Waals surface area contributed by atoms with E-state index in [2.05, 4.69) is 5.32 Å². The van der Waals surface area contributed by atoms with Crippen LogP contribution >= 0.6 is 23.2 Å². The molecule has 0 aromatic heterocycles. The van der Waals surface area contributed by atoms with Gasteiger partial charge in [-0.25, -0.2) is 0 Å². The fraction of sp³-hybridized carbons (Fsp3) is 0.316. The number of nitrogens with one attached hydrogen (secondary N) is 1. The zero-order valence-electron chi connectivity index (χ0n) is 14.4. The summed E-state index contributed by atoms with van der Waals surface area (Å²) in [5.41, 5.74) is 3.88. The van der Waals surface area contributed by atoms with Crippen LogP contribution < -0.4 is 5.32 Å². The molecule has 0 bridgehead atoms. The molecule has 0 spiro atoms. The van der Waals surface area contributed by atoms with E-state index < -0.39 is 0 Å². The van der Waals surface area contributed by atoms with Gasteiger partial charge in [0.25, 0.3) is 0 Å². The fourth-order valence-corrected chi connectivity index (χ4v) is 2.90. The lowest BCUT2D eigenvalue weighted by molar-refractivity contribution is -0.120. The molecule has 0 fully saturated rings. The summed E-state index contributed by atoms with van der Waals surface area (Å²) in [5, 5.41) is 4.09. The van der Waals surface area contributed by atoms with Crippen LogP contribution in [-0.2, 0) is 11.3 Å². The Morgan fingerprint density at radius 2 is 1.71 bits per heavy atom. The van der Waals surface area contributed by atoms with E-state index in [1.54, 1.807) is 6.07 Å². The summed E-state index contributed by atoms with van der Waals surface area (Å²) >= 11 is 12.3. The molecule has 1 unspecified atom stereocenters. The van der Waals surface area contributed by atoms with Crippen molar-refractivity contribution in [2.45, 2.75) is 33.4 Å². The monoisotopic (exact) mass is 364 g/mol. The molecule has 1 amide bonds. The number of aryl methyl sites for hydroxylation is 2. The van der Waals surface area contributed by atoms with Crippen molar-refractivity contribution in [3.63, 3.8) is 0 Å². The van der Waals surface area contributed by atoms with Crippen molar-refractivity contribution in [3.8, 4) is 0 Å². The first-order valence-electron chi connectivity index (χ1n) is 7.81. The average molecular weight is 365 g/mol. The van der Waals surface area contributed by atoms with Crippen LogP contribution in [0.2, 0.25) is 10.0 Å². The van der Waals surface area contributed by atoms with Crippen molar-refractivity contribution in [1.29, 1.82) is 0 Å². The van der Waals surface area contributed by atoms with E-state index in [4.69, 9.17) is 23.2 Å². The molecule has 0 saturated carbocycles. The summed E-state index contributed by atoms with van der Waals surface area (Å²) in [7, 11) is 1.90. The standard InChI is InChI=1S/C19H22Cl2N2O/c1-12-7-5-8-13(2)18(12)22-19(24)14(3)23(4)11-15-9-6-10-16(20)17(15)21/h5-10,14H,11H2,1-4H3,(H,22,24). The van der Waals surface area contributed by atoms with Crippen LogP contribution in [0.15, 0.2) is 36.4 Å². The van der Waals surface area contributed by atoms with Crippen LogP contribution in [0.25, 0.3) is 0 Å². The highest BCUT2D eigenvalue weighted by Crippen LogP contribution is 2.27. The molecule has 24 heavy (non-hydrogen) atoms. The Balaban J connectivity index is 2.08. The smallest absolute Gasteiger partial charge is 0.241 e. The third-order valence-corrected chi connectivity index (χ3v) is 5.08. The highest BCUT2D eigenvalue weighted by molar-refractivity contribution is 6.42. The van der Waals surface area contributed by atoms with E-state index in [0.717, 1.165) is 22.4 Å². The molecule has 2 aromatic carbocycles. The number of halogens is 2. The normalized spacial score (nSPS) is 12.3. The minimum absolute atomic E-state index is 0.0481. The second-order valence-corrected chi connectivity index (χ2v) is 6.85. The Morgan fingerprint density at radius 3 is 2.33 bits per heavy atom. The van der Waals surface area contributed by atoms with Crippen molar-refractivity contribution in [2.24, 2.45) is 0 Å². The van der Waals surface area contributed by atoms with Crippen LogP contribution in [0.3, 0.4) is 0 Å². The minimum atomic E-state index is -0.306. The molecule has 1 N–H and O–H groups in total. The van der Waals surface area contributed by atoms with E-state index in [1.807, 2.05) is 63.1 Å². The number of para-hydroxylation sites is 1. The number of nitrogens with zero attached hydrogens (tertiary/aromatic N) is 1. The number of benzene rings is 2. The van der Waals surface area contributed by atoms with Gasteiger partial charge in [0.05, 0.1) is 16.1 Å². The van der Waals surface area contributed by atoms with E-state index in [9.17, 15) is 4.79 Å². The molecule has 0 aliphatic carbocycles. The molecule has 0 aliphatic rings. The zero-order valence-corrected chi connectivity index (χ0v) is 15.9. The zero-order chi connectivity index (χ0) is 17.9. The van der Waals surface area contributed by atoms with Gasteiger partial charge in [0.2, 0.25) is 5.91 Å². The maximum atomic E-state index is 12.6. The fourth-order valence-electron chi connectivity index (χ4n) is 2.52. The molecule has 0 aliphatic heterocycles. The van der Waals surface area contributed by atoms with Crippen molar-refractivity contribution in [2.75, 3.05) is 12.4 Å². The van der Waals surface area contributed by atoms with Gasteiger partial charge < -0.3 is 5.32 Å². The molecule has 3 nitrogen and oxygen atoms in total. The van der Waals surface area contributed by atoms with Crippen molar-refractivity contribution in [3.05, 3.63) is 63.1 Å². The number of likely N-dealkylation sites (N-methyl/N-ethyl adjacent to an activating group) is 1. The van der Waals surface area contributed by atoms with Gasteiger partial charge in [-0.2, -0.15) is 0 Å². The molecule has 0 heterocycles. The summed E-state index contributed by atoms with van der Waals surface area (Å²) in [6, 6.07) is 11.2. The maximum Gasteiger partial charge on any atom is 0.241 e. The van der Waals surface area contributed by atoms with Gasteiger partial charge in [-0.15, -0.1) is 0 Å². The summed E-state index contributed by atoms with van der Waals surface area (Å²) < 4.78 is 0. The number of hydrogen-bond donors (Lipinski definition) is 1. The number of carbonyl (C=O) groups is 1. The first-order chi connectivity index (χ1) is 11.3. The topological polar surface area (TPSA) is 32.3 Å². The van der Waals surface area contributed by atoms with Gasteiger partial charge in [-0.3, -0.25) is 9.69 Å². The maximum absolute atomic E-state index is 12.6. The molecule has 0 radical (unpaired) electrons. The number of carbonyl (C=O) groups excluding carboxylic acids is 1. The lowest BCUT2D eigenvalue weighted by Crippen LogP contribution is -2.39. The Morgan fingerprint density at radius 1 is 1.12 bits per heavy atom. The largest absolute Gasteiger partial charge is 0.324 e. The summed E-state index contributed by atoms with van der Waals surface area (Å²) in [6.07, 6.45) is 0. The number of anilines is 1. The number of amides is 1. The van der Waals surface area contributed by atoms with E-state index >= 15 is 0 Å². The van der Waals surface area contributed by atoms with Gasteiger partial charge in [-0.05, 0) is 50.6 Å². The first-order valence-corrected chi connectivity index (χ1v) is 8.57. The summed E-state index contributed by atoms with van der Waals surface area (Å²) in [5.74, 6) is -0.0481. The number of rotatable bonds is 5. The molecule has 0 saturated heterocycles. The Labute approximate surface area is 153 Å². The lowest BCUT2D eigenvalue weighted by Gasteiger charge is -2.25. The van der Waals surface area contributed by atoms with E-state index in [-0.39, 0.29) is 11.9 Å². The Hall–Kier alpha value is -1.55. The predicted molar refractivity (Wildman–Crippen MR) is 102 cm³/mol. The van der Waals surface area contributed by atoms with Crippen molar-refractivity contribution in [1.82, 2.24) is 4.90 Å². The minimum Gasteiger partial charge on any atom is -0.324 e. The number of hydrogen-bond acceptors (Lipinski definition) is 2. The van der Waals surface area contributed by atoms with Crippen LogP contribution in [-0.4, -0.2) is 23.9 Å². The van der Waals surface area contributed by atoms with Gasteiger partial charge in [0.15, 0.2) is 0 Å². The molecule has 5 heteroatoms. The van der Waals surface area contributed by atoms with E-state index in [1.165, 1.54) is 0 Å². The molecular formula is C19H22Cl2N2O. The quantitative estimate of drug-likeness (QED) is 0.802. The second kappa shape index (κ2) is 8.02. The van der Waals surface area contributed by atoms with E-state index in [0.29, 0.717) is 16.6 Å². The summed E-state index contributed by atoms with van der Waals surface area (Å²) in [6.45, 7) is 6.40. The first kappa shape index (κ1) is 18.8. The molecule has 2 rings (SSSR count). The van der Waals surface area contributed by atoms with Gasteiger partial charge in [0.1, 0.15) is 0 Å². The van der Waals surface area contributed by atoms with Crippen molar-refractivity contribution >= 4 is 34.8 Å². The SMILES string of the molecule is Cc1cccc(C)c1NC(=O)C(C)N(C)Cc1cccc(Cl)c1Cl. The van der Waals surface area contributed by atoms with Gasteiger partial charge in [-0.1, -0.05) is 53.5 Å². The second-order valence-electron chi connectivity index (χ2n) is 6.06. The average Bonchev–Trinajstić information content (AvgIpc) is 2.54. The Bertz CT molecular complexity index is 726. The third kappa shape index (κ3) is 4.29. The highest BCUT2D eigenvalue weighted by Gasteiger charge is 2.20. The molecule has 1 atom stereocenters. The third-order valence-electron chi connectivity index (χ3n) is 4.22. The van der Waals surface area contributed by atoms with Crippen LogP contribution in [0.5, 0.6) is 0 Å². The molecule has 2 aromatic rings. The van der Waals surface area contributed by atoms with Gasteiger partial charge >= 0.3 is 0 Å². The predicted octanol–water partition coefficient (Wildman–Crippen LogP) is 5.07. The summed E-state index contributed by atoms with van der Waals surface area (Å²) in [4.78, 5) is 14.5. The lowest BCUT2D eigenvalue weighted by atomic mass is 10.1. The highest BCUT2D eigenvalue weighted by atomic mass is 35.5. The molecular weight excluding hydrogens is 343 g/mol. The van der Waals surface area contributed by atoms with Crippen LogP contribution in [0.1, 0.15) is 23.6 Å². The Kier molecular flexibility index (Phi) is 6.27. The van der Waals surface area contributed by atoms with Crippen LogP contribution in [0.4, 0.5) is 5.69 Å². The molecule has 128 valence electrons. The van der Waals surface area contributed by atoms with Gasteiger partial charge in [0, 0.05) is 12.2 Å².